The number of hydrogen-bond acceptors (Lipinski definition) is 6. The first-order valence-electron chi connectivity index (χ1n) is 12.1. The summed E-state index contributed by atoms with van der Waals surface area (Å²) in [6.07, 6.45) is 4.26. The summed E-state index contributed by atoms with van der Waals surface area (Å²) in [5.41, 5.74) is 0.428. The van der Waals surface area contributed by atoms with Crippen LogP contribution in [0.3, 0.4) is 0 Å². The van der Waals surface area contributed by atoms with Gasteiger partial charge in [-0.3, -0.25) is 13.7 Å². The van der Waals surface area contributed by atoms with E-state index < -0.39 is 51.7 Å². The van der Waals surface area contributed by atoms with Gasteiger partial charge in [-0.15, -0.1) is 0 Å². The van der Waals surface area contributed by atoms with Crippen LogP contribution in [0, 0.1) is 30.1 Å². The molecule has 35 heavy (non-hydrogen) atoms. The van der Waals surface area contributed by atoms with Gasteiger partial charge in [0.1, 0.15) is 4.75 Å². The Morgan fingerprint density at radius 3 is 2.26 bits per heavy atom. The van der Waals surface area contributed by atoms with Crippen molar-refractivity contribution in [1.29, 1.82) is 0 Å². The number of benzene rings is 1. The van der Waals surface area contributed by atoms with Crippen LogP contribution in [-0.2, 0) is 30.4 Å². The van der Waals surface area contributed by atoms with Gasteiger partial charge in [-0.1, -0.05) is 24.1 Å². The molecule has 5 aliphatic carbocycles. The van der Waals surface area contributed by atoms with Crippen molar-refractivity contribution in [2.45, 2.75) is 85.5 Å². The fraction of sp³-hybridized carbons (Fsp3) is 0.739. The lowest BCUT2D eigenvalue weighted by Crippen LogP contribution is -2.65. The number of aryl methyl sites for hydroxylation is 1. The van der Waals surface area contributed by atoms with E-state index in [1.165, 1.54) is 6.07 Å². The summed E-state index contributed by atoms with van der Waals surface area (Å²) in [6, 6.07) is 4.43. The molecular weight excluding hydrogens is 516 g/mol. The molecule has 5 fully saturated rings. The van der Waals surface area contributed by atoms with E-state index in [0.717, 1.165) is 12.8 Å². The van der Waals surface area contributed by atoms with Crippen LogP contribution in [0.2, 0.25) is 0 Å². The van der Waals surface area contributed by atoms with Crippen molar-refractivity contribution >= 4 is 30.4 Å². The van der Waals surface area contributed by atoms with E-state index in [2.05, 4.69) is 0 Å². The molecule has 0 radical (unpaired) electrons. The summed E-state index contributed by atoms with van der Waals surface area (Å²) < 4.78 is 103. The van der Waals surface area contributed by atoms with Gasteiger partial charge in [-0.25, -0.2) is 0 Å². The van der Waals surface area contributed by atoms with Gasteiger partial charge in [-0.2, -0.15) is 25.3 Å². The lowest BCUT2D eigenvalue weighted by Gasteiger charge is -2.66. The van der Waals surface area contributed by atoms with Crippen molar-refractivity contribution in [2.75, 3.05) is 0 Å². The van der Waals surface area contributed by atoms with Gasteiger partial charge in [0.25, 0.3) is 30.4 Å². The molecule has 3 N–H and O–H groups in total. The van der Waals surface area contributed by atoms with Gasteiger partial charge in [-0.05, 0) is 93.1 Å². The molecule has 1 aromatic rings. The highest BCUT2D eigenvalue weighted by Gasteiger charge is 2.69. The predicted molar refractivity (Wildman–Crippen MR) is 128 cm³/mol. The van der Waals surface area contributed by atoms with Crippen LogP contribution in [0.5, 0.6) is 0 Å². The van der Waals surface area contributed by atoms with Crippen LogP contribution in [0.25, 0.3) is 0 Å². The molecule has 0 aromatic heterocycles. The first-order valence-corrected chi connectivity index (χ1v) is 16.5. The molecular formula is C23H32O9S3. The molecule has 7 unspecified atom stereocenters. The van der Waals surface area contributed by atoms with Crippen molar-refractivity contribution in [2.24, 2.45) is 23.2 Å². The highest BCUT2D eigenvalue weighted by molar-refractivity contribution is 7.87. The van der Waals surface area contributed by atoms with Crippen LogP contribution in [-0.4, -0.2) is 48.9 Å². The fourth-order valence-corrected chi connectivity index (χ4v) is 11.9. The van der Waals surface area contributed by atoms with Gasteiger partial charge in [0.2, 0.25) is 0 Å². The minimum Gasteiger partial charge on any atom is -0.285 e. The van der Waals surface area contributed by atoms with E-state index >= 15 is 0 Å². The number of hydrogen-bond donors (Lipinski definition) is 3. The Balaban J connectivity index is 1.64. The Kier molecular flexibility index (Phi) is 5.83. The minimum absolute atomic E-state index is 0.00535. The Labute approximate surface area is 206 Å². The summed E-state index contributed by atoms with van der Waals surface area (Å²) >= 11 is 0. The molecule has 6 rings (SSSR count). The maximum Gasteiger partial charge on any atom is 0.294 e. The van der Waals surface area contributed by atoms with Crippen molar-refractivity contribution in [3.05, 3.63) is 29.3 Å². The summed E-state index contributed by atoms with van der Waals surface area (Å²) in [5.74, 6) is -1.16. The maximum absolute atomic E-state index is 13.2. The molecule has 5 saturated carbocycles. The zero-order valence-corrected chi connectivity index (χ0v) is 21.9. The average molecular weight is 549 g/mol. The average Bonchev–Trinajstić information content (AvgIpc) is 2.71. The topological polar surface area (TPSA) is 163 Å². The standard InChI is InChI=1S/C23H32O9S3/c1-14-5-6-20(34(27,28)29)19(7-14)21-16-8-15-10-22(12-16,13-23(21,11-15)35(30,31)32)17-3-2-4-18(9-17)33(24,25)26/h5-7,15-18,21H,2-4,8-13H2,1H3,(H,24,25,26)(H,27,28,29)(H,30,31,32). The normalized spacial score (nSPS) is 39.6. The van der Waals surface area contributed by atoms with Crippen molar-refractivity contribution in [3.8, 4) is 0 Å². The van der Waals surface area contributed by atoms with Crippen LogP contribution in [0.15, 0.2) is 23.1 Å². The molecule has 0 amide bonds. The van der Waals surface area contributed by atoms with Crippen molar-refractivity contribution in [3.63, 3.8) is 0 Å². The largest absolute Gasteiger partial charge is 0.294 e. The van der Waals surface area contributed by atoms with E-state index in [-0.39, 0.29) is 47.5 Å². The second-order valence-electron chi connectivity index (χ2n) is 11.5. The Hall–Kier alpha value is -1.05. The van der Waals surface area contributed by atoms with Crippen LogP contribution in [0.4, 0.5) is 0 Å². The van der Waals surface area contributed by atoms with E-state index in [1.807, 2.05) is 0 Å². The van der Waals surface area contributed by atoms with Gasteiger partial charge in [0.15, 0.2) is 0 Å². The molecule has 196 valence electrons. The van der Waals surface area contributed by atoms with Gasteiger partial charge < -0.3 is 0 Å². The van der Waals surface area contributed by atoms with Gasteiger partial charge in [0.05, 0.1) is 10.1 Å². The monoisotopic (exact) mass is 548 g/mol. The number of rotatable bonds is 5. The highest BCUT2D eigenvalue weighted by atomic mass is 32.2. The first-order chi connectivity index (χ1) is 16.1. The molecule has 7 atom stereocenters. The van der Waals surface area contributed by atoms with E-state index in [9.17, 15) is 38.9 Å². The second-order valence-corrected chi connectivity index (χ2v) is 16.4. The summed E-state index contributed by atoms with van der Waals surface area (Å²) in [7, 11) is -13.5. The lowest BCUT2D eigenvalue weighted by atomic mass is 9.41. The predicted octanol–water partition coefficient (Wildman–Crippen LogP) is 3.61. The molecule has 0 spiro atoms. The quantitative estimate of drug-likeness (QED) is 0.466. The zero-order chi connectivity index (χ0) is 25.6. The van der Waals surface area contributed by atoms with Gasteiger partial charge >= 0.3 is 0 Å². The molecule has 1 aromatic carbocycles. The minimum atomic E-state index is -4.66. The molecule has 0 saturated heterocycles. The summed E-state index contributed by atoms with van der Waals surface area (Å²) in [6.45, 7) is 1.76. The Morgan fingerprint density at radius 1 is 0.914 bits per heavy atom. The molecule has 5 aliphatic rings. The molecule has 9 nitrogen and oxygen atoms in total. The Bertz CT molecular complexity index is 1370. The van der Waals surface area contributed by atoms with Crippen molar-refractivity contribution < 1.29 is 38.9 Å². The third-order valence-corrected chi connectivity index (χ3v) is 13.3. The first kappa shape index (κ1) is 25.6. The van der Waals surface area contributed by atoms with Crippen LogP contribution in [0.1, 0.15) is 74.8 Å². The highest BCUT2D eigenvalue weighted by Crippen LogP contribution is 2.71. The molecule has 12 heteroatoms. The fourth-order valence-electron chi connectivity index (χ4n) is 8.64. The second kappa shape index (κ2) is 7.97. The molecule has 4 bridgehead atoms. The smallest absolute Gasteiger partial charge is 0.285 e. The maximum atomic E-state index is 13.2. The summed E-state index contributed by atoms with van der Waals surface area (Å²) in [4.78, 5) is -0.332. The van der Waals surface area contributed by atoms with Crippen LogP contribution >= 0.6 is 0 Å². The SMILES string of the molecule is Cc1ccc(S(=O)(=O)O)c(C2C3CC4CC(C5CCCC(S(=O)(=O)O)C5)(C3)CC2(S(=O)(=O)O)C4)c1. The van der Waals surface area contributed by atoms with Gasteiger partial charge in [0, 0.05) is 5.92 Å². The zero-order valence-electron chi connectivity index (χ0n) is 19.5. The van der Waals surface area contributed by atoms with Crippen LogP contribution < -0.4 is 0 Å². The summed E-state index contributed by atoms with van der Waals surface area (Å²) in [5, 5.41) is -0.880. The van der Waals surface area contributed by atoms with Crippen molar-refractivity contribution in [1.82, 2.24) is 0 Å². The molecule has 0 aliphatic heterocycles. The van der Waals surface area contributed by atoms with E-state index in [0.29, 0.717) is 31.2 Å². The molecule has 0 heterocycles. The van der Waals surface area contributed by atoms with E-state index in [4.69, 9.17) is 0 Å². The Morgan fingerprint density at radius 2 is 1.63 bits per heavy atom. The third-order valence-electron chi connectivity index (χ3n) is 9.53. The lowest BCUT2D eigenvalue weighted by molar-refractivity contribution is -0.0991. The third kappa shape index (κ3) is 4.08. The van der Waals surface area contributed by atoms with E-state index in [1.54, 1.807) is 19.1 Å².